The Kier molecular flexibility index (Phi) is 7.85. The van der Waals surface area contributed by atoms with Gasteiger partial charge in [-0.05, 0) is 106 Å². The number of rotatable bonds is 8. The number of aliphatic imine (C=N–C) groups is 1. The quantitative estimate of drug-likeness (QED) is 0.111. The van der Waals surface area contributed by atoms with Gasteiger partial charge >= 0.3 is 0 Å². The highest BCUT2D eigenvalue weighted by molar-refractivity contribution is 6.16. The maximum absolute atomic E-state index is 7.86. The minimum absolute atomic E-state index is 0.682. The Labute approximate surface area is 304 Å². The van der Waals surface area contributed by atoms with Crippen LogP contribution in [0.5, 0.6) is 0 Å². The minimum atomic E-state index is -0.682. The van der Waals surface area contributed by atoms with Gasteiger partial charge in [-0.2, -0.15) is 0 Å². The van der Waals surface area contributed by atoms with Gasteiger partial charge in [0.1, 0.15) is 5.54 Å². The third kappa shape index (κ3) is 5.41. The molecule has 0 aromatic heterocycles. The molecule has 250 valence electrons. The van der Waals surface area contributed by atoms with Crippen LogP contribution in [0.25, 0.3) is 49.4 Å². The highest BCUT2D eigenvalue weighted by Gasteiger charge is 2.39. The summed E-state index contributed by atoms with van der Waals surface area (Å²) in [7, 11) is 0. The molecular weight excluding hydrogens is 633 g/mol. The van der Waals surface area contributed by atoms with Gasteiger partial charge in [-0.15, -0.1) is 0 Å². The monoisotopic (exact) mass is 670 g/mol. The van der Waals surface area contributed by atoms with Crippen molar-refractivity contribution in [1.29, 1.82) is 5.41 Å². The van der Waals surface area contributed by atoms with Crippen molar-refractivity contribution in [3.05, 3.63) is 174 Å². The summed E-state index contributed by atoms with van der Waals surface area (Å²) >= 11 is 0. The number of allylic oxidation sites excluding steroid dienone is 4. The molecule has 7 aromatic rings. The van der Waals surface area contributed by atoms with E-state index in [1.54, 1.807) is 6.21 Å². The standard InChI is InChI=1S/C48H38N4/c1-48(50-27-26-49)43-29-35-28-34-18-8-9-21-39(34)47(52-46-23-13-11-20-38(46)33-16-6-3-7-17-33)41(35)31-42(43)40-25-24-36(30-44(40)48)51-45-22-12-10-19-37(45)32-14-4-2-5-15-32/h2,4-6,8-31,49,51-52H,3,7H2,1H3/b49-26?,50-27-. The smallest absolute Gasteiger partial charge is 0.109 e. The minimum Gasteiger partial charge on any atom is -0.355 e. The molecule has 0 saturated heterocycles. The molecule has 0 aliphatic heterocycles. The van der Waals surface area contributed by atoms with Gasteiger partial charge in [0, 0.05) is 51.4 Å². The summed E-state index contributed by atoms with van der Waals surface area (Å²) in [5, 5.41) is 20.2. The molecule has 0 saturated carbocycles. The lowest BCUT2D eigenvalue weighted by Gasteiger charge is -2.24. The van der Waals surface area contributed by atoms with E-state index in [2.05, 4.69) is 169 Å². The third-order valence-corrected chi connectivity index (χ3v) is 10.5. The zero-order chi connectivity index (χ0) is 35.1. The summed E-state index contributed by atoms with van der Waals surface area (Å²) in [6.07, 6.45) is 11.9. The van der Waals surface area contributed by atoms with E-state index < -0.39 is 5.54 Å². The number of benzene rings is 7. The largest absolute Gasteiger partial charge is 0.355 e. The number of hydrogen-bond donors (Lipinski definition) is 3. The second-order valence-corrected chi connectivity index (χ2v) is 13.7. The van der Waals surface area contributed by atoms with E-state index in [9.17, 15) is 0 Å². The second kappa shape index (κ2) is 13.0. The average Bonchev–Trinajstić information content (AvgIpc) is 3.43. The number of nitrogens with zero attached hydrogens (tertiary/aromatic N) is 1. The number of anilines is 4. The first kappa shape index (κ1) is 31.5. The predicted octanol–water partition coefficient (Wildman–Crippen LogP) is 12.8. The van der Waals surface area contributed by atoms with Crippen molar-refractivity contribution in [3.8, 4) is 22.3 Å². The molecule has 0 radical (unpaired) electrons. The Morgan fingerprint density at radius 1 is 0.615 bits per heavy atom. The van der Waals surface area contributed by atoms with E-state index in [0.717, 1.165) is 79.7 Å². The zero-order valence-electron chi connectivity index (χ0n) is 29.0. The Balaban J connectivity index is 1.20. The van der Waals surface area contributed by atoms with Crippen LogP contribution in [0.1, 0.15) is 36.5 Å². The molecule has 2 aliphatic rings. The number of fused-ring (bicyclic) bond motifs is 5. The van der Waals surface area contributed by atoms with E-state index in [0.29, 0.717) is 0 Å². The zero-order valence-corrected chi connectivity index (χ0v) is 29.0. The van der Waals surface area contributed by atoms with Gasteiger partial charge in [-0.1, -0.05) is 115 Å². The lowest BCUT2D eigenvalue weighted by atomic mass is 9.88. The van der Waals surface area contributed by atoms with E-state index in [-0.39, 0.29) is 0 Å². The maximum atomic E-state index is 7.86. The number of para-hydroxylation sites is 2. The fourth-order valence-corrected chi connectivity index (χ4v) is 8.01. The molecule has 9 rings (SSSR count). The molecule has 0 fully saturated rings. The van der Waals surface area contributed by atoms with Crippen LogP contribution in [0.2, 0.25) is 0 Å². The lowest BCUT2D eigenvalue weighted by molar-refractivity contribution is 0.630. The molecule has 0 amide bonds. The Morgan fingerprint density at radius 3 is 2.15 bits per heavy atom. The van der Waals surface area contributed by atoms with Gasteiger partial charge in [-0.3, -0.25) is 4.99 Å². The van der Waals surface area contributed by atoms with Crippen LogP contribution in [0.3, 0.4) is 0 Å². The first-order valence-corrected chi connectivity index (χ1v) is 17.9. The van der Waals surface area contributed by atoms with Crippen molar-refractivity contribution in [2.45, 2.75) is 25.3 Å². The molecule has 4 heteroatoms. The molecular formula is C48H38N4. The summed E-state index contributed by atoms with van der Waals surface area (Å²) in [6.45, 7) is 2.17. The Bertz CT molecular complexity index is 2610. The summed E-state index contributed by atoms with van der Waals surface area (Å²) in [5.41, 5.74) is 12.9. The molecule has 4 nitrogen and oxygen atoms in total. The molecule has 52 heavy (non-hydrogen) atoms. The maximum Gasteiger partial charge on any atom is 0.109 e. The number of hydrogen-bond acceptors (Lipinski definition) is 4. The van der Waals surface area contributed by atoms with Crippen molar-refractivity contribution >= 4 is 62.3 Å². The van der Waals surface area contributed by atoms with E-state index >= 15 is 0 Å². The van der Waals surface area contributed by atoms with Gasteiger partial charge in [-0.25, -0.2) is 0 Å². The summed E-state index contributed by atoms with van der Waals surface area (Å²) in [5.74, 6) is 0. The second-order valence-electron chi connectivity index (χ2n) is 13.7. The topological polar surface area (TPSA) is 60.3 Å². The van der Waals surface area contributed by atoms with E-state index in [1.807, 2.05) is 6.07 Å². The van der Waals surface area contributed by atoms with E-state index in [4.69, 9.17) is 10.4 Å². The molecule has 7 aromatic carbocycles. The summed E-state index contributed by atoms with van der Waals surface area (Å²) in [4.78, 5) is 5.07. The van der Waals surface area contributed by atoms with Crippen LogP contribution in [-0.2, 0) is 5.54 Å². The van der Waals surface area contributed by atoms with Gasteiger partial charge in [0.25, 0.3) is 0 Å². The highest BCUT2D eigenvalue weighted by Crippen LogP contribution is 2.53. The van der Waals surface area contributed by atoms with Crippen LogP contribution >= 0.6 is 0 Å². The van der Waals surface area contributed by atoms with Crippen molar-refractivity contribution in [1.82, 2.24) is 0 Å². The fourth-order valence-electron chi connectivity index (χ4n) is 8.01. The van der Waals surface area contributed by atoms with E-state index in [1.165, 1.54) is 28.1 Å². The van der Waals surface area contributed by atoms with Gasteiger partial charge in [0.2, 0.25) is 0 Å². The Morgan fingerprint density at radius 2 is 1.35 bits per heavy atom. The lowest BCUT2D eigenvalue weighted by Crippen LogP contribution is -2.18. The van der Waals surface area contributed by atoms with Crippen LogP contribution in [0.4, 0.5) is 22.7 Å². The first-order valence-electron chi connectivity index (χ1n) is 17.9. The van der Waals surface area contributed by atoms with Gasteiger partial charge < -0.3 is 16.0 Å². The molecule has 2 aliphatic carbocycles. The highest BCUT2D eigenvalue weighted by atomic mass is 14.9. The van der Waals surface area contributed by atoms with Crippen molar-refractivity contribution in [3.63, 3.8) is 0 Å². The summed E-state index contributed by atoms with van der Waals surface area (Å²) in [6, 6.07) is 49.8. The average molecular weight is 671 g/mol. The Hall–Kier alpha value is -6.52. The molecule has 1 unspecified atom stereocenters. The molecule has 0 spiro atoms. The normalized spacial score (nSPS) is 16.1. The molecule has 3 N–H and O–H groups in total. The van der Waals surface area contributed by atoms with Crippen LogP contribution in [0, 0.1) is 5.41 Å². The number of nitrogens with one attached hydrogen (secondary N) is 3. The van der Waals surface area contributed by atoms with Crippen LogP contribution in [-0.4, -0.2) is 12.4 Å². The van der Waals surface area contributed by atoms with Crippen molar-refractivity contribution < 1.29 is 0 Å². The summed E-state index contributed by atoms with van der Waals surface area (Å²) < 4.78 is 0. The van der Waals surface area contributed by atoms with Gasteiger partial charge in [0.05, 0.1) is 5.69 Å². The fraction of sp³-hybridized carbons (Fsp3) is 0.0833. The molecule has 0 bridgehead atoms. The van der Waals surface area contributed by atoms with Crippen LogP contribution < -0.4 is 10.6 Å². The molecule has 0 heterocycles. The predicted molar refractivity (Wildman–Crippen MR) is 222 cm³/mol. The molecule has 1 atom stereocenters. The van der Waals surface area contributed by atoms with Gasteiger partial charge in [0.15, 0.2) is 0 Å². The van der Waals surface area contributed by atoms with Crippen molar-refractivity contribution in [2.75, 3.05) is 10.6 Å². The van der Waals surface area contributed by atoms with Crippen molar-refractivity contribution in [2.24, 2.45) is 4.99 Å². The van der Waals surface area contributed by atoms with Crippen LogP contribution in [0.15, 0.2) is 163 Å². The third-order valence-electron chi connectivity index (χ3n) is 10.5. The first-order chi connectivity index (χ1) is 25.6. The SMILES string of the molecule is CC1(/N=C\C=N)c2cc(Nc3ccccc3-c3ccccc3)ccc2-c2cc3c(Nc4ccccc4C4=CCCC=C4)c4ccccc4cc3cc21.